The highest BCUT2D eigenvalue weighted by Gasteiger charge is 2.14. The second-order valence-corrected chi connectivity index (χ2v) is 5.58. The minimum atomic E-state index is -0.229. The molecule has 4 aromatic heterocycles. The first kappa shape index (κ1) is 13.6. The van der Waals surface area contributed by atoms with Crippen LogP contribution in [-0.4, -0.2) is 20.9 Å². The van der Waals surface area contributed by atoms with Gasteiger partial charge in [-0.1, -0.05) is 0 Å². The molecule has 0 aliphatic rings. The van der Waals surface area contributed by atoms with Crippen molar-refractivity contribution in [2.45, 2.75) is 0 Å². The van der Waals surface area contributed by atoms with Gasteiger partial charge < -0.3 is 4.42 Å². The Hall–Kier alpha value is -3.06. The smallest absolute Gasteiger partial charge is 0.283 e. The first-order valence-corrected chi connectivity index (χ1v) is 7.68. The molecule has 0 aliphatic heterocycles. The van der Waals surface area contributed by atoms with Gasteiger partial charge in [-0.25, -0.2) is 4.98 Å². The number of nitrogens with zero attached hydrogens (tertiary/aromatic N) is 4. The van der Waals surface area contributed by atoms with E-state index in [2.05, 4.69) is 15.1 Å². The van der Waals surface area contributed by atoms with E-state index in [1.165, 1.54) is 22.3 Å². The number of rotatable bonds is 3. The summed E-state index contributed by atoms with van der Waals surface area (Å²) < 4.78 is 6.62. The molecule has 0 atom stereocenters. The lowest BCUT2D eigenvalue weighted by molar-refractivity contribution is 0.583. The van der Waals surface area contributed by atoms with Crippen LogP contribution >= 0.6 is 11.3 Å². The summed E-state index contributed by atoms with van der Waals surface area (Å²) in [6.45, 7) is 0. The molecule has 0 spiro atoms. The van der Waals surface area contributed by atoms with Gasteiger partial charge in [0.15, 0.2) is 0 Å². The first-order chi connectivity index (χ1) is 11.3. The van der Waals surface area contributed by atoms with Crippen LogP contribution in [0.3, 0.4) is 0 Å². The lowest BCUT2D eigenvalue weighted by Crippen LogP contribution is -2.16. The van der Waals surface area contributed by atoms with Crippen LogP contribution in [0.5, 0.6) is 0 Å². The predicted molar refractivity (Wildman–Crippen MR) is 88.8 cm³/mol. The predicted octanol–water partition coefficient (Wildman–Crippen LogP) is 3.00. The first-order valence-electron chi connectivity index (χ1n) is 6.80. The molecule has 0 fully saturated rings. The lowest BCUT2D eigenvalue weighted by Gasteiger charge is -1.99. The molecule has 4 aromatic rings. The van der Waals surface area contributed by atoms with Crippen molar-refractivity contribution in [2.75, 3.05) is 0 Å². The van der Waals surface area contributed by atoms with E-state index in [1.54, 1.807) is 43.1 Å². The quantitative estimate of drug-likeness (QED) is 0.544. The Morgan fingerprint density at radius 1 is 1.26 bits per heavy atom. The summed E-state index contributed by atoms with van der Waals surface area (Å²) in [5, 5.41) is 6.57. The Labute approximate surface area is 134 Å². The fraction of sp³-hybridized carbons (Fsp3) is 0. The second kappa shape index (κ2) is 5.62. The Bertz CT molecular complexity index is 1030. The standard InChI is InChI=1S/C16H10N4O2S/c21-16-14-12(13-2-1-7-22-13)9-23-15(14)18-10-20(16)19-8-11-3-5-17-6-4-11/h1-10H/b19-8-. The van der Waals surface area contributed by atoms with E-state index in [1.807, 2.05) is 11.4 Å². The molecule has 23 heavy (non-hydrogen) atoms. The van der Waals surface area contributed by atoms with Crippen LogP contribution in [0.2, 0.25) is 0 Å². The van der Waals surface area contributed by atoms with Crippen molar-refractivity contribution in [1.29, 1.82) is 0 Å². The van der Waals surface area contributed by atoms with Gasteiger partial charge in [0.05, 0.1) is 17.9 Å². The lowest BCUT2D eigenvalue weighted by atomic mass is 10.2. The van der Waals surface area contributed by atoms with Crippen LogP contribution < -0.4 is 5.56 Å². The Morgan fingerprint density at radius 3 is 2.91 bits per heavy atom. The van der Waals surface area contributed by atoms with Crippen LogP contribution in [0.1, 0.15) is 5.56 Å². The molecule has 6 nitrogen and oxygen atoms in total. The average Bonchev–Trinajstić information content (AvgIpc) is 3.24. The number of furan rings is 1. The highest BCUT2D eigenvalue weighted by molar-refractivity contribution is 7.17. The molecular weight excluding hydrogens is 312 g/mol. The maximum atomic E-state index is 12.7. The molecule has 112 valence electrons. The fourth-order valence-corrected chi connectivity index (χ4v) is 3.08. The molecular formula is C16H10N4O2S. The summed E-state index contributed by atoms with van der Waals surface area (Å²) in [6, 6.07) is 7.21. The van der Waals surface area contributed by atoms with E-state index < -0.39 is 0 Å². The number of fused-ring (bicyclic) bond motifs is 1. The molecule has 0 aromatic carbocycles. The highest BCUT2D eigenvalue weighted by Crippen LogP contribution is 2.30. The van der Waals surface area contributed by atoms with Gasteiger partial charge in [0.1, 0.15) is 16.9 Å². The summed E-state index contributed by atoms with van der Waals surface area (Å²) in [6.07, 6.45) is 7.93. The monoisotopic (exact) mass is 322 g/mol. The van der Waals surface area contributed by atoms with Crippen LogP contribution in [0.25, 0.3) is 21.5 Å². The fourth-order valence-electron chi connectivity index (χ4n) is 2.20. The molecule has 4 rings (SSSR count). The van der Waals surface area contributed by atoms with E-state index >= 15 is 0 Å². The van der Waals surface area contributed by atoms with E-state index in [4.69, 9.17) is 4.42 Å². The summed E-state index contributed by atoms with van der Waals surface area (Å²) in [5.74, 6) is 0.644. The Kier molecular flexibility index (Phi) is 3.32. The summed E-state index contributed by atoms with van der Waals surface area (Å²) in [4.78, 5) is 21.6. The number of aromatic nitrogens is 3. The van der Waals surface area contributed by atoms with Crippen molar-refractivity contribution in [1.82, 2.24) is 14.6 Å². The normalized spacial score (nSPS) is 11.5. The van der Waals surface area contributed by atoms with Gasteiger partial charge in [-0.05, 0) is 29.8 Å². The third kappa shape index (κ3) is 2.47. The molecule has 0 bridgehead atoms. The third-order valence-electron chi connectivity index (χ3n) is 3.30. The van der Waals surface area contributed by atoms with Gasteiger partial charge in [0.2, 0.25) is 0 Å². The number of pyridine rings is 1. The number of hydrogen-bond acceptors (Lipinski definition) is 6. The van der Waals surface area contributed by atoms with E-state index in [0.29, 0.717) is 16.0 Å². The Morgan fingerprint density at radius 2 is 2.13 bits per heavy atom. The highest BCUT2D eigenvalue weighted by atomic mass is 32.1. The van der Waals surface area contributed by atoms with Crippen molar-refractivity contribution in [2.24, 2.45) is 5.10 Å². The van der Waals surface area contributed by atoms with E-state index in [-0.39, 0.29) is 5.56 Å². The molecule has 4 heterocycles. The third-order valence-corrected chi connectivity index (χ3v) is 4.19. The summed E-state index contributed by atoms with van der Waals surface area (Å²) in [7, 11) is 0. The molecule has 0 saturated heterocycles. The van der Waals surface area contributed by atoms with Crippen LogP contribution in [-0.2, 0) is 0 Å². The number of thiophene rings is 1. The van der Waals surface area contributed by atoms with Gasteiger partial charge in [-0.3, -0.25) is 9.78 Å². The molecule has 0 amide bonds. The maximum Gasteiger partial charge on any atom is 0.283 e. The van der Waals surface area contributed by atoms with Crippen molar-refractivity contribution < 1.29 is 4.42 Å². The summed E-state index contributed by atoms with van der Waals surface area (Å²) in [5.41, 5.74) is 1.36. The molecule has 7 heteroatoms. The second-order valence-electron chi connectivity index (χ2n) is 4.73. The van der Waals surface area contributed by atoms with Gasteiger partial charge in [-0.15, -0.1) is 11.3 Å². The minimum absolute atomic E-state index is 0.229. The van der Waals surface area contributed by atoms with Crippen molar-refractivity contribution in [3.63, 3.8) is 0 Å². The average molecular weight is 322 g/mol. The van der Waals surface area contributed by atoms with Crippen molar-refractivity contribution >= 4 is 27.8 Å². The van der Waals surface area contributed by atoms with Gasteiger partial charge >= 0.3 is 0 Å². The van der Waals surface area contributed by atoms with Crippen LogP contribution in [0.15, 0.2) is 68.9 Å². The van der Waals surface area contributed by atoms with Crippen LogP contribution in [0.4, 0.5) is 0 Å². The molecule has 0 radical (unpaired) electrons. The topological polar surface area (TPSA) is 73.3 Å². The van der Waals surface area contributed by atoms with Crippen LogP contribution in [0, 0.1) is 0 Å². The SMILES string of the molecule is O=c1c2c(-c3ccco3)csc2ncn1/N=C\c1ccncc1. The van der Waals surface area contributed by atoms with Crippen molar-refractivity contribution in [3.8, 4) is 11.3 Å². The molecule has 0 aliphatic carbocycles. The van der Waals surface area contributed by atoms with Gasteiger partial charge in [0.25, 0.3) is 5.56 Å². The van der Waals surface area contributed by atoms with E-state index in [0.717, 1.165) is 11.1 Å². The summed E-state index contributed by atoms with van der Waals surface area (Å²) >= 11 is 1.40. The van der Waals surface area contributed by atoms with E-state index in [9.17, 15) is 4.79 Å². The zero-order valence-electron chi connectivity index (χ0n) is 11.8. The molecule has 0 saturated carbocycles. The largest absolute Gasteiger partial charge is 0.464 e. The van der Waals surface area contributed by atoms with Gasteiger partial charge in [-0.2, -0.15) is 9.78 Å². The maximum absolute atomic E-state index is 12.7. The molecule has 0 N–H and O–H groups in total. The van der Waals surface area contributed by atoms with Crippen molar-refractivity contribution in [3.05, 3.63) is 70.5 Å². The molecule has 0 unspecified atom stereocenters. The van der Waals surface area contributed by atoms with Gasteiger partial charge in [0, 0.05) is 23.3 Å². The minimum Gasteiger partial charge on any atom is -0.464 e. The zero-order valence-corrected chi connectivity index (χ0v) is 12.6. The zero-order chi connectivity index (χ0) is 15.6. The Balaban J connectivity index is 1.83. The number of hydrogen-bond donors (Lipinski definition) is 0.